The highest BCUT2D eigenvalue weighted by molar-refractivity contribution is 14.0. The number of hydrogen-bond acceptors (Lipinski definition) is 5. The van der Waals surface area contributed by atoms with Crippen LogP contribution in [0.4, 0.5) is 0 Å². The normalized spacial score (nSPS) is 30.1. The summed E-state index contributed by atoms with van der Waals surface area (Å²) in [5, 5.41) is 7.31. The molecule has 3 fully saturated rings. The van der Waals surface area contributed by atoms with Gasteiger partial charge in [-0.25, -0.2) is 0 Å². The van der Waals surface area contributed by atoms with Gasteiger partial charge in [0, 0.05) is 60.4 Å². The molecule has 1 aromatic rings. The summed E-state index contributed by atoms with van der Waals surface area (Å²) in [5.41, 5.74) is 0.146. The van der Waals surface area contributed by atoms with E-state index in [0.29, 0.717) is 24.1 Å². The molecular formula is C21H35IN4O2S. The highest BCUT2D eigenvalue weighted by Crippen LogP contribution is 2.52. The van der Waals surface area contributed by atoms with Crippen LogP contribution >= 0.6 is 35.3 Å². The lowest BCUT2D eigenvalue weighted by Crippen LogP contribution is -2.68. The molecule has 4 unspecified atom stereocenters. The molecular weight excluding hydrogens is 499 g/mol. The number of rotatable bonds is 5. The van der Waals surface area contributed by atoms with Crippen molar-refractivity contribution in [3.8, 4) is 0 Å². The van der Waals surface area contributed by atoms with Crippen molar-refractivity contribution in [2.24, 2.45) is 16.3 Å². The maximum atomic E-state index is 5.93. The molecule has 8 heteroatoms. The smallest absolute Gasteiger partial charge is 0.191 e. The van der Waals surface area contributed by atoms with E-state index in [1.807, 2.05) is 18.4 Å². The van der Waals surface area contributed by atoms with Crippen LogP contribution < -0.4 is 10.6 Å². The number of halogens is 1. The molecule has 1 aliphatic carbocycles. The van der Waals surface area contributed by atoms with Gasteiger partial charge in [0.05, 0.1) is 25.4 Å². The molecule has 0 aromatic carbocycles. The molecule has 2 saturated heterocycles. The summed E-state index contributed by atoms with van der Waals surface area (Å²) in [7, 11) is 1.86. The van der Waals surface area contributed by atoms with Crippen molar-refractivity contribution < 1.29 is 9.47 Å². The van der Waals surface area contributed by atoms with Gasteiger partial charge in [-0.3, -0.25) is 9.89 Å². The van der Waals surface area contributed by atoms with E-state index in [9.17, 15) is 0 Å². The third kappa shape index (κ3) is 4.76. The lowest BCUT2D eigenvalue weighted by atomic mass is 9.57. The number of guanidine groups is 1. The largest absolute Gasteiger partial charge is 0.379 e. The molecule has 3 aliphatic rings. The Balaban J connectivity index is 0.00000240. The molecule has 2 aliphatic heterocycles. The second-order valence-electron chi connectivity index (χ2n) is 8.75. The second kappa shape index (κ2) is 9.80. The third-order valence-corrected chi connectivity index (χ3v) is 7.76. The lowest BCUT2D eigenvalue weighted by Gasteiger charge is -2.55. The molecule has 0 amide bonds. The van der Waals surface area contributed by atoms with Crippen LogP contribution in [0.25, 0.3) is 0 Å². The van der Waals surface area contributed by atoms with Gasteiger partial charge in [-0.05, 0) is 25.5 Å². The Bertz CT molecular complexity index is 705. The maximum Gasteiger partial charge on any atom is 0.191 e. The molecule has 6 nitrogen and oxygen atoms in total. The van der Waals surface area contributed by atoms with Gasteiger partial charge in [-0.2, -0.15) is 0 Å². The Kier molecular flexibility index (Phi) is 7.86. The first kappa shape index (κ1) is 23.2. The minimum absolute atomic E-state index is 0. The van der Waals surface area contributed by atoms with E-state index in [-0.39, 0.29) is 29.4 Å². The Morgan fingerprint density at radius 2 is 2.07 bits per heavy atom. The second-order valence-corrected chi connectivity index (χ2v) is 10.1. The van der Waals surface area contributed by atoms with E-state index < -0.39 is 0 Å². The van der Waals surface area contributed by atoms with Crippen LogP contribution in [-0.2, 0) is 9.47 Å². The van der Waals surface area contributed by atoms with Crippen LogP contribution in [0, 0.1) is 18.3 Å². The van der Waals surface area contributed by atoms with E-state index in [1.165, 1.54) is 9.75 Å². The maximum absolute atomic E-state index is 5.93. The Morgan fingerprint density at radius 1 is 1.31 bits per heavy atom. The topological polar surface area (TPSA) is 58.1 Å². The Morgan fingerprint density at radius 3 is 2.72 bits per heavy atom. The number of aryl methyl sites for hydroxylation is 1. The summed E-state index contributed by atoms with van der Waals surface area (Å²) in [6.45, 7) is 12.1. The highest BCUT2D eigenvalue weighted by atomic mass is 127. The molecule has 4 rings (SSSR count). The summed E-state index contributed by atoms with van der Waals surface area (Å²) >= 11 is 1.89. The van der Waals surface area contributed by atoms with E-state index in [0.717, 1.165) is 51.8 Å². The van der Waals surface area contributed by atoms with Crippen LogP contribution in [0.2, 0.25) is 0 Å². The highest BCUT2D eigenvalue weighted by Gasteiger charge is 2.59. The number of thiophene rings is 1. The fourth-order valence-electron chi connectivity index (χ4n) is 5.08. The number of morpholine rings is 1. The zero-order valence-electron chi connectivity index (χ0n) is 17.9. The molecule has 0 radical (unpaired) electrons. The molecule has 4 atom stereocenters. The van der Waals surface area contributed by atoms with Crippen molar-refractivity contribution in [2.45, 2.75) is 45.4 Å². The van der Waals surface area contributed by atoms with Crippen LogP contribution in [-0.4, -0.2) is 69.5 Å². The molecule has 0 spiro atoms. The first-order valence-electron chi connectivity index (χ1n) is 10.5. The van der Waals surface area contributed by atoms with Crippen LogP contribution in [0.1, 0.15) is 36.1 Å². The van der Waals surface area contributed by atoms with E-state index in [1.54, 1.807) is 0 Å². The average molecular weight is 535 g/mol. The van der Waals surface area contributed by atoms with E-state index in [4.69, 9.17) is 9.47 Å². The molecule has 3 heterocycles. The van der Waals surface area contributed by atoms with Crippen LogP contribution in [0.5, 0.6) is 0 Å². The monoisotopic (exact) mass is 534 g/mol. The van der Waals surface area contributed by atoms with Gasteiger partial charge in [0.2, 0.25) is 0 Å². The number of fused-ring (bicyclic) bond motifs is 1. The summed E-state index contributed by atoms with van der Waals surface area (Å²) in [6, 6.07) is 5.25. The number of nitrogens with one attached hydrogen (secondary N) is 2. The fraction of sp³-hybridized carbons (Fsp3) is 0.762. The van der Waals surface area contributed by atoms with Gasteiger partial charge >= 0.3 is 0 Å². The number of ether oxygens (including phenoxy) is 2. The predicted molar refractivity (Wildman–Crippen MR) is 130 cm³/mol. The third-order valence-electron chi connectivity index (χ3n) is 6.66. The van der Waals surface area contributed by atoms with Crippen molar-refractivity contribution in [2.75, 3.05) is 46.5 Å². The molecule has 29 heavy (non-hydrogen) atoms. The lowest BCUT2D eigenvalue weighted by molar-refractivity contribution is -0.106. The zero-order valence-corrected chi connectivity index (χ0v) is 21.1. The molecule has 1 saturated carbocycles. The standard InChI is InChI=1S/C21H34N4O2S.HI/c1-14-5-6-17(28-14)16(25-8-11-26-12-9-25)13-23-20(22-4)24-18-15-7-10-27-19(15)21(18,2)3;/h5-6,15-16,18-19H,7-13H2,1-4H3,(H2,22,23,24);1H. The molecule has 2 N–H and O–H groups in total. The Labute approximate surface area is 195 Å². The minimum atomic E-state index is 0. The van der Waals surface area contributed by atoms with Gasteiger partial charge in [0.15, 0.2) is 5.96 Å². The first-order chi connectivity index (χ1) is 13.5. The van der Waals surface area contributed by atoms with Crippen molar-refractivity contribution >= 4 is 41.3 Å². The van der Waals surface area contributed by atoms with Crippen molar-refractivity contribution in [3.05, 3.63) is 21.9 Å². The first-order valence-corrected chi connectivity index (χ1v) is 11.3. The SMILES string of the molecule is CN=C(NCC(c1ccc(C)s1)N1CCOCC1)NC1C2CCOC2C1(C)C.I. The predicted octanol–water partition coefficient (Wildman–Crippen LogP) is 3.03. The molecule has 1 aromatic heterocycles. The number of nitrogens with zero attached hydrogens (tertiary/aromatic N) is 2. The fourth-order valence-corrected chi connectivity index (χ4v) is 6.10. The van der Waals surface area contributed by atoms with Crippen LogP contribution in [0.15, 0.2) is 17.1 Å². The molecule has 164 valence electrons. The Hall–Kier alpha value is -0.420. The number of hydrogen-bond donors (Lipinski definition) is 2. The van der Waals surface area contributed by atoms with Gasteiger partial charge in [-0.1, -0.05) is 13.8 Å². The van der Waals surface area contributed by atoms with Gasteiger partial charge in [0.1, 0.15) is 0 Å². The number of aliphatic imine (C=N–C) groups is 1. The summed E-state index contributed by atoms with van der Waals surface area (Å²) in [5.74, 6) is 1.50. The van der Waals surface area contributed by atoms with Crippen molar-refractivity contribution in [1.82, 2.24) is 15.5 Å². The zero-order chi connectivity index (χ0) is 19.7. The summed E-state index contributed by atoms with van der Waals surface area (Å²) < 4.78 is 11.5. The van der Waals surface area contributed by atoms with Crippen LogP contribution in [0.3, 0.4) is 0 Å². The summed E-state index contributed by atoms with van der Waals surface area (Å²) in [4.78, 5) is 9.82. The van der Waals surface area contributed by atoms with Gasteiger partial charge < -0.3 is 20.1 Å². The van der Waals surface area contributed by atoms with Gasteiger partial charge in [-0.15, -0.1) is 35.3 Å². The van der Waals surface area contributed by atoms with Crippen molar-refractivity contribution in [1.29, 1.82) is 0 Å². The minimum Gasteiger partial charge on any atom is -0.379 e. The van der Waals surface area contributed by atoms with Crippen molar-refractivity contribution in [3.63, 3.8) is 0 Å². The quantitative estimate of drug-likeness (QED) is 0.346. The molecule has 0 bridgehead atoms. The van der Waals surface area contributed by atoms with E-state index in [2.05, 4.69) is 53.4 Å². The summed E-state index contributed by atoms with van der Waals surface area (Å²) in [6.07, 6.45) is 1.53. The average Bonchev–Trinajstić information content (AvgIpc) is 3.33. The van der Waals surface area contributed by atoms with Gasteiger partial charge in [0.25, 0.3) is 0 Å². The van der Waals surface area contributed by atoms with E-state index >= 15 is 0 Å².